The second kappa shape index (κ2) is 14.7. The van der Waals surface area contributed by atoms with Gasteiger partial charge in [0.25, 0.3) is 5.91 Å². The molecule has 0 spiro atoms. The predicted octanol–water partition coefficient (Wildman–Crippen LogP) is 2.89. The van der Waals surface area contributed by atoms with Crippen molar-refractivity contribution in [2.24, 2.45) is 0 Å². The number of rotatable bonds is 14. The third-order valence-corrected chi connectivity index (χ3v) is 6.66. The maximum absolute atomic E-state index is 13.9. The number of nitrogens with one attached hydrogen (secondary N) is 3. The van der Waals surface area contributed by atoms with Crippen LogP contribution in [-0.2, 0) is 28.7 Å². The molecule has 0 fully saturated rings. The topological polar surface area (TPSA) is 143 Å². The lowest BCUT2D eigenvalue weighted by atomic mass is 9.98. The fourth-order valence-electron chi connectivity index (χ4n) is 4.79. The molecule has 11 nitrogen and oxygen atoms in total. The number of nitrogens with zero attached hydrogens (tertiary/aromatic N) is 1. The highest BCUT2D eigenvalue weighted by Crippen LogP contribution is 2.44. The van der Waals surface area contributed by atoms with E-state index in [1.54, 1.807) is 20.8 Å². The van der Waals surface area contributed by atoms with Crippen LogP contribution >= 0.6 is 0 Å². The Labute approximate surface area is 252 Å². The van der Waals surface area contributed by atoms with Gasteiger partial charge in [-0.2, -0.15) is 0 Å². The summed E-state index contributed by atoms with van der Waals surface area (Å²) in [5.41, 5.74) is 3.26. The molecule has 0 aliphatic heterocycles. The Balaban J connectivity index is 1.83. The Morgan fingerprint density at radius 1 is 0.930 bits per heavy atom. The maximum Gasteiger partial charge on any atom is 0.408 e. The number of aldehydes is 2. The van der Waals surface area contributed by atoms with Crippen LogP contribution in [0.3, 0.4) is 0 Å². The van der Waals surface area contributed by atoms with E-state index >= 15 is 0 Å². The SMILES string of the molecule is C=CCN(C(=O)[C@H](NC(=O)OCC1c2ccccc2-c2ccccc21)N[C@@H](C)C=O)[C@H](N[C@@H](C)C=O)C(=O)OC(C)(C)C. The van der Waals surface area contributed by atoms with Gasteiger partial charge < -0.3 is 24.0 Å². The molecule has 43 heavy (non-hydrogen) atoms. The minimum Gasteiger partial charge on any atom is -0.457 e. The zero-order chi connectivity index (χ0) is 31.7. The highest BCUT2D eigenvalue weighted by molar-refractivity contribution is 5.90. The van der Waals surface area contributed by atoms with Gasteiger partial charge in [0, 0.05) is 12.5 Å². The average Bonchev–Trinajstić information content (AvgIpc) is 3.29. The number of ether oxygens (including phenoxy) is 2. The average molecular weight is 593 g/mol. The molecule has 3 N–H and O–H groups in total. The van der Waals surface area contributed by atoms with Crippen molar-refractivity contribution in [3.63, 3.8) is 0 Å². The summed E-state index contributed by atoms with van der Waals surface area (Å²) in [6.07, 6.45) is -1.27. The van der Waals surface area contributed by atoms with E-state index in [1.165, 1.54) is 19.9 Å². The minimum atomic E-state index is -1.48. The van der Waals surface area contributed by atoms with Gasteiger partial charge >= 0.3 is 12.1 Å². The maximum atomic E-state index is 13.9. The zero-order valence-corrected chi connectivity index (χ0v) is 25.2. The summed E-state index contributed by atoms with van der Waals surface area (Å²) < 4.78 is 11.1. The van der Waals surface area contributed by atoms with Crippen molar-refractivity contribution in [3.05, 3.63) is 72.3 Å². The molecular formula is C32H40N4O7. The first-order chi connectivity index (χ1) is 20.4. The van der Waals surface area contributed by atoms with Gasteiger partial charge in [-0.1, -0.05) is 54.6 Å². The second-order valence-electron chi connectivity index (χ2n) is 11.3. The van der Waals surface area contributed by atoms with Gasteiger partial charge in [-0.05, 0) is 56.9 Å². The lowest BCUT2D eigenvalue weighted by molar-refractivity contribution is -0.167. The van der Waals surface area contributed by atoms with Crippen LogP contribution in [0.2, 0.25) is 0 Å². The highest BCUT2D eigenvalue weighted by atomic mass is 16.6. The molecular weight excluding hydrogens is 552 g/mol. The first kappa shape index (κ1) is 33.2. The number of alkyl carbamates (subject to hydrolysis) is 1. The molecule has 0 bridgehead atoms. The van der Waals surface area contributed by atoms with E-state index in [1.807, 2.05) is 48.5 Å². The molecule has 2 aromatic rings. The number of hydrogen-bond acceptors (Lipinski definition) is 9. The van der Waals surface area contributed by atoms with Crippen molar-refractivity contribution in [3.8, 4) is 11.1 Å². The molecule has 1 aliphatic rings. The Morgan fingerprint density at radius 2 is 1.47 bits per heavy atom. The van der Waals surface area contributed by atoms with Crippen LogP contribution in [0, 0.1) is 0 Å². The van der Waals surface area contributed by atoms with E-state index in [9.17, 15) is 24.0 Å². The van der Waals surface area contributed by atoms with Gasteiger partial charge in [-0.3, -0.25) is 20.7 Å². The van der Waals surface area contributed by atoms with E-state index in [4.69, 9.17) is 9.47 Å². The van der Waals surface area contributed by atoms with E-state index in [2.05, 4.69) is 22.5 Å². The Kier molecular flexibility index (Phi) is 11.3. The first-order valence-electron chi connectivity index (χ1n) is 14.1. The van der Waals surface area contributed by atoms with E-state index in [0.717, 1.165) is 27.2 Å². The van der Waals surface area contributed by atoms with Gasteiger partial charge in [0.2, 0.25) is 0 Å². The molecule has 0 aromatic heterocycles. The Morgan fingerprint density at radius 3 is 1.98 bits per heavy atom. The smallest absolute Gasteiger partial charge is 0.408 e. The number of benzene rings is 2. The number of carbonyl (C=O) groups excluding carboxylic acids is 5. The summed E-state index contributed by atoms with van der Waals surface area (Å²) in [5.74, 6) is -1.82. The van der Waals surface area contributed by atoms with Crippen molar-refractivity contribution in [1.29, 1.82) is 0 Å². The molecule has 2 aromatic carbocycles. The fraction of sp³-hybridized carbons (Fsp3) is 0.406. The largest absolute Gasteiger partial charge is 0.457 e. The van der Waals surface area contributed by atoms with Crippen LogP contribution in [0.25, 0.3) is 11.1 Å². The molecule has 0 unspecified atom stereocenters. The molecule has 0 saturated heterocycles. The third kappa shape index (κ3) is 8.59. The monoisotopic (exact) mass is 592 g/mol. The van der Waals surface area contributed by atoms with Crippen molar-refractivity contribution in [2.75, 3.05) is 13.2 Å². The molecule has 3 rings (SSSR count). The molecule has 0 saturated carbocycles. The van der Waals surface area contributed by atoms with Gasteiger partial charge in [-0.25, -0.2) is 9.59 Å². The highest BCUT2D eigenvalue weighted by Gasteiger charge is 2.38. The van der Waals surface area contributed by atoms with Crippen LogP contribution in [0.1, 0.15) is 51.7 Å². The summed E-state index contributed by atoms with van der Waals surface area (Å²) in [5, 5.41) is 8.03. The molecule has 11 heteroatoms. The van der Waals surface area contributed by atoms with Gasteiger partial charge in [-0.15, -0.1) is 6.58 Å². The summed E-state index contributed by atoms with van der Waals surface area (Å²) in [7, 11) is 0. The molecule has 4 atom stereocenters. The van der Waals surface area contributed by atoms with Crippen molar-refractivity contribution < 1.29 is 33.4 Å². The second-order valence-corrected chi connectivity index (χ2v) is 11.3. The Hall–Kier alpha value is -4.35. The fourth-order valence-corrected chi connectivity index (χ4v) is 4.79. The van der Waals surface area contributed by atoms with Gasteiger partial charge in [0.15, 0.2) is 12.3 Å². The van der Waals surface area contributed by atoms with E-state index in [0.29, 0.717) is 12.6 Å². The quantitative estimate of drug-likeness (QED) is 0.131. The normalized spacial score (nSPS) is 15.1. The van der Waals surface area contributed by atoms with Crippen LogP contribution in [-0.4, -0.2) is 78.6 Å². The standard InChI is InChI=1S/C32H40N4O7/c1-7-16-36(28(34-21(3)18-38)30(40)43-32(4,5)6)29(39)27(33-20(2)17-37)35-31(41)42-19-26-24-14-10-8-12-22(24)23-13-9-11-15-25(23)26/h7-15,17-18,20-21,26-28,33-34H,1,16,19H2,2-6H3,(H,35,41)/t20-,21-,27-,28-/m0/s1. The lowest BCUT2D eigenvalue weighted by Crippen LogP contribution is -2.64. The van der Waals surface area contributed by atoms with Crippen LogP contribution in [0.4, 0.5) is 4.79 Å². The number of hydrogen-bond donors (Lipinski definition) is 3. The molecule has 0 heterocycles. The van der Waals surface area contributed by atoms with Crippen molar-refractivity contribution in [1.82, 2.24) is 20.9 Å². The predicted molar refractivity (Wildman–Crippen MR) is 161 cm³/mol. The summed E-state index contributed by atoms with van der Waals surface area (Å²) in [6, 6.07) is 14.1. The summed E-state index contributed by atoms with van der Waals surface area (Å²) in [4.78, 5) is 64.2. The van der Waals surface area contributed by atoms with Crippen molar-refractivity contribution in [2.45, 2.75) is 70.6 Å². The summed E-state index contributed by atoms with van der Waals surface area (Å²) >= 11 is 0. The minimum absolute atomic E-state index is 0.000679. The van der Waals surface area contributed by atoms with Crippen LogP contribution in [0.5, 0.6) is 0 Å². The molecule has 1 aliphatic carbocycles. The van der Waals surface area contributed by atoms with Crippen molar-refractivity contribution >= 4 is 30.5 Å². The van der Waals surface area contributed by atoms with E-state index < -0.39 is 48.0 Å². The molecule has 230 valence electrons. The van der Waals surface area contributed by atoms with Gasteiger partial charge in [0.05, 0.1) is 12.1 Å². The first-order valence-corrected chi connectivity index (χ1v) is 14.1. The lowest BCUT2D eigenvalue weighted by Gasteiger charge is -2.35. The zero-order valence-electron chi connectivity index (χ0n) is 25.2. The molecule has 0 radical (unpaired) electrons. The number of carbonyl (C=O) groups is 5. The van der Waals surface area contributed by atoms with E-state index in [-0.39, 0.29) is 19.1 Å². The van der Waals surface area contributed by atoms with Crippen LogP contribution in [0.15, 0.2) is 61.2 Å². The van der Waals surface area contributed by atoms with Gasteiger partial charge in [0.1, 0.15) is 24.8 Å². The Bertz CT molecular complexity index is 1290. The summed E-state index contributed by atoms with van der Waals surface area (Å²) in [6.45, 7) is 11.5. The number of esters is 1. The molecule has 2 amide bonds. The number of fused-ring (bicyclic) bond motifs is 3. The van der Waals surface area contributed by atoms with Crippen LogP contribution < -0.4 is 16.0 Å². The third-order valence-electron chi connectivity index (χ3n) is 6.66. The number of amides is 2.